The summed E-state index contributed by atoms with van der Waals surface area (Å²) in [5.74, 6) is 0.804. The third-order valence-corrected chi connectivity index (χ3v) is 3.31. The van der Waals surface area contributed by atoms with Crippen molar-refractivity contribution in [2.75, 3.05) is 13.1 Å². The largest absolute Gasteiger partial charge is 0.346 e. The van der Waals surface area contributed by atoms with Crippen LogP contribution in [0.4, 0.5) is 0 Å². The molecule has 1 aromatic rings. The van der Waals surface area contributed by atoms with Crippen LogP contribution in [0.3, 0.4) is 0 Å². The van der Waals surface area contributed by atoms with E-state index in [1.807, 2.05) is 0 Å². The first-order chi connectivity index (χ1) is 6.36. The summed E-state index contributed by atoms with van der Waals surface area (Å²) >= 11 is 3.46. The number of hydrogen-bond donors (Lipinski definition) is 1. The topological polar surface area (TPSA) is 16.6 Å². The second kappa shape index (κ2) is 6.08. The minimum Gasteiger partial charge on any atom is -0.346 e. The van der Waals surface area contributed by atoms with Crippen molar-refractivity contribution in [3.63, 3.8) is 0 Å². The molecule has 1 nitrogen and oxygen atoms in total. The standard InChI is InChI=1S/C11H14BrN.HI/c12-11-3-1-9(2-4-11)10-5-7-13-8-6-10;/h1-4,10,13H,5-8H2;1H/p+1. The molecule has 0 spiro atoms. The molecule has 1 aliphatic rings. The summed E-state index contributed by atoms with van der Waals surface area (Å²) < 4.78 is 1.18. The lowest BCUT2D eigenvalue weighted by atomic mass is 9.90. The van der Waals surface area contributed by atoms with E-state index < -0.39 is 0 Å². The van der Waals surface area contributed by atoms with E-state index in [0.717, 1.165) is 5.92 Å². The number of benzene rings is 1. The highest BCUT2D eigenvalue weighted by atomic mass is 127. The number of quaternary nitrogens is 1. The molecule has 0 aromatic heterocycles. The van der Waals surface area contributed by atoms with Gasteiger partial charge in [-0.3, -0.25) is 0 Å². The number of piperidine rings is 1. The first-order valence-electron chi connectivity index (χ1n) is 4.93. The Morgan fingerprint density at radius 3 is 2.21 bits per heavy atom. The highest BCUT2D eigenvalue weighted by molar-refractivity contribution is 14.0. The maximum absolute atomic E-state index is 3.46. The molecule has 2 N–H and O–H groups in total. The number of halogens is 2. The van der Waals surface area contributed by atoms with Gasteiger partial charge in [0.05, 0.1) is 13.1 Å². The van der Waals surface area contributed by atoms with E-state index in [1.54, 1.807) is 0 Å². The third kappa shape index (κ3) is 3.21. The van der Waals surface area contributed by atoms with Gasteiger partial charge in [-0.25, -0.2) is 0 Å². The quantitative estimate of drug-likeness (QED) is 0.733. The molecule has 0 amide bonds. The summed E-state index contributed by atoms with van der Waals surface area (Å²) in [6.45, 7) is 2.58. The average molecular weight is 369 g/mol. The van der Waals surface area contributed by atoms with E-state index in [-0.39, 0.29) is 24.0 Å². The molecule has 78 valence electrons. The fraction of sp³-hybridized carbons (Fsp3) is 0.455. The van der Waals surface area contributed by atoms with Crippen LogP contribution in [-0.4, -0.2) is 13.1 Å². The maximum Gasteiger partial charge on any atom is 0.0761 e. The Hall–Kier alpha value is 0.390. The van der Waals surface area contributed by atoms with Crippen molar-refractivity contribution in [1.82, 2.24) is 0 Å². The first-order valence-corrected chi connectivity index (χ1v) is 5.73. The normalized spacial score (nSPS) is 17.5. The number of nitrogens with two attached hydrogens (primary N) is 1. The molecular formula is C11H16BrIN+. The van der Waals surface area contributed by atoms with Crippen LogP contribution in [0.1, 0.15) is 24.3 Å². The average Bonchev–Trinajstić information content (AvgIpc) is 2.20. The van der Waals surface area contributed by atoms with Gasteiger partial charge in [0.2, 0.25) is 0 Å². The number of rotatable bonds is 1. The molecule has 2 rings (SSSR count). The van der Waals surface area contributed by atoms with Gasteiger partial charge < -0.3 is 5.32 Å². The summed E-state index contributed by atoms with van der Waals surface area (Å²) in [7, 11) is 0. The molecule has 1 aliphatic heterocycles. The molecule has 0 unspecified atom stereocenters. The Labute approximate surface area is 111 Å². The molecule has 3 heteroatoms. The predicted octanol–water partition coefficient (Wildman–Crippen LogP) is 2.51. The second-order valence-electron chi connectivity index (χ2n) is 3.69. The van der Waals surface area contributed by atoms with Crippen LogP contribution >= 0.6 is 39.9 Å². The van der Waals surface area contributed by atoms with Gasteiger partial charge in [0.25, 0.3) is 0 Å². The van der Waals surface area contributed by atoms with Crippen LogP contribution in [-0.2, 0) is 0 Å². The Morgan fingerprint density at radius 2 is 1.64 bits per heavy atom. The molecule has 1 saturated heterocycles. The fourth-order valence-corrected chi connectivity index (χ4v) is 2.26. The fourth-order valence-electron chi connectivity index (χ4n) is 2.00. The van der Waals surface area contributed by atoms with Crippen molar-refractivity contribution in [2.45, 2.75) is 18.8 Å². The van der Waals surface area contributed by atoms with E-state index in [4.69, 9.17) is 0 Å². The zero-order valence-corrected chi connectivity index (χ0v) is 12.0. The van der Waals surface area contributed by atoms with Crippen molar-refractivity contribution in [1.29, 1.82) is 0 Å². The Bertz CT molecular complexity index is 267. The van der Waals surface area contributed by atoms with Gasteiger partial charge >= 0.3 is 0 Å². The molecule has 0 aliphatic carbocycles. The zero-order valence-electron chi connectivity index (χ0n) is 8.08. The summed E-state index contributed by atoms with van der Waals surface area (Å²) in [4.78, 5) is 0. The molecule has 0 saturated carbocycles. The van der Waals surface area contributed by atoms with Gasteiger partial charge in [-0.1, -0.05) is 28.1 Å². The van der Waals surface area contributed by atoms with Gasteiger partial charge in [-0.05, 0) is 23.6 Å². The second-order valence-corrected chi connectivity index (χ2v) is 4.61. The smallest absolute Gasteiger partial charge is 0.0761 e. The van der Waals surface area contributed by atoms with E-state index >= 15 is 0 Å². The lowest BCUT2D eigenvalue weighted by Gasteiger charge is -2.20. The summed E-state index contributed by atoms with van der Waals surface area (Å²) in [6.07, 6.45) is 2.67. The van der Waals surface area contributed by atoms with E-state index in [2.05, 4.69) is 45.5 Å². The molecular weight excluding hydrogens is 353 g/mol. The molecule has 0 radical (unpaired) electrons. The first kappa shape index (κ1) is 12.5. The Morgan fingerprint density at radius 1 is 1.07 bits per heavy atom. The number of hydrogen-bond acceptors (Lipinski definition) is 0. The Balaban J connectivity index is 0.000000980. The van der Waals surface area contributed by atoms with Crippen LogP contribution in [0.2, 0.25) is 0 Å². The molecule has 1 heterocycles. The lowest BCUT2D eigenvalue weighted by Crippen LogP contribution is -2.86. The highest BCUT2D eigenvalue weighted by Gasteiger charge is 2.16. The Kier molecular flexibility index (Phi) is 5.41. The van der Waals surface area contributed by atoms with E-state index in [9.17, 15) is 0 Å². The van der Waals surface area contributed by atoms with Crippen LogP contribution in [0, 0.1) is 0 Å². The maximum atomic E-state index is 3.46. The zero-order chi connectivity index (χ0) is 9.10. The highest BCUT2D eigenvalue weighted by Crippen LogP contribution is 2.24. The van der Waals surface area contributed by atoms with Crippen molar-refractivity contribution < 1.29 is 5.32 Å². The van der Waals surface area contributed by atoms with E-state index in [0.29, 0.717) is 0 Å². The molecule has 0 bridgehead atoms. The molecule has 1 aromatic carbocycles. The van der Waals surface area contributed by atoms with Crippen molar-refractivity contribution >= 4 is 39.9 Å². The third-order valence-electron chi connectivity index (χ3n) is 2.78. The minimum atomic E-state index is 0. The van der Waals surface area contributed by atoms with Gasteiger partial charge in [0, 0.05) is 17.3 Å². The summed E-state index contributed by atoms with van der Waals surface area (Å²) in [6, 6.07) is 8.79. The van der Waals surface area contributed by atoms with E-state index in [1.165, 1.54) is 36.0 Å². The van der Waals surface area contributed by atoms with Crippen LogP contribution in [0.25, 0.3) is 0 Å². The van der Waals surface area contributed by atoms with Gasteiger partial charge in [0.1, 0.15) is 0 Å². The van der Waals surface area contributed by atoms with Crippen molar-refractivity contribution in [2.24, 2.45) is 0 Å². The SMILES string of the molecule is Brc1ccc(C2CC[NH2+]CC2)cc1.I. The van der Waals surface area contributed by atoms with Gasteiger partial charge in [-0.15, -0.1) is 24.0 Å². The molecule has 14 heavy (non-hydrogen) atoms. The predicted molar refractivity (Wildman–Crippen MR) is 73.2 cm³/mol. The molecule has 0 atom stereocenters. The van der Waals surface area contributed by atoms with Crippen molar-refractivity contribution in [3.05, 3.63) is 34.3 Å². The van der Waals surface area contributed by atoms with Gasteiger partial charge in [0.15, 0.2) is 0 Å². The molecule has 1 fully saturated rings. The van der Waals surface area contributed by atoms with Crippen LogP contribution in [0.15, 0.2) is 28.7 Å². The summed E-state index contributed by atoms with van der Waals surface area (Å²) in [5, 5.41) is 2.41. The minimum absolute atomic E-state index is 0. The lowest BCUT2D eigenvalue weighted by molar-refractivity contribution is -0.663. The van der Waals surface area contributed by atoms with Crippen molar-refractivity contribution in [3.8, 4) is 0 Å². The van der Waals surface area contributed by atoms with Gasteiger partial charge in [-0.2, -0.15) is 0 Å². The summed E-state index contributed by atoms with van der Waals surface area (Å²) in [5.41, 5.74) is 1.51. The van der Waals surface area contributed by atoms with Crippen LogP contribution in [0.5, 0.6) is 0 Å². The van der Waals surface area contributed by atoms with Crippen LogP contribution < -0.4 is 5.32 Å². The monoisotopic (exact) mass is 368 g/mol.